The standard InChI is InChI=1S/C9H11NO2/c1-7(2)10-6-4-3-5-8(10)9(11)12/h3-7H,1-2H3. The van der Waals surface area contributed by atoms with Gasteiger partial charge >= 0.3 is 0 Å². The van der Waals surface area contributed by atoms with E-state index in [1.54, 1.807) is 22.9 Å². The lowest BCUT2D eigenvalue weighted by atomic mass is 10.3. The van der Waals surface area contributed by atoms with Crippen LogP contribution in [0.1, 0.15) is 30.4 Å². The van der Waals surface area contributed by atoms with Gasteiger partial charge in [0.1, 0.15) is 5.97 Å². The molecule has 64 valence electrons. The average Bonchev–Trinajstić information content (AvgIpc) is 2.04. The van der Waals surface area contributed by atoms with E-state index in [9.17, 15) is 9.90 Å². The summed E-state index contributed by atoms with van der Waals surface area (Å²) in [6, 6.07) is 5.16. The van der Waals surface area contributed by atoms with Crippen LogP contribution in [-0.2, 0) is 0 Å². The average molecular weight is 165 g/mol. The molecule has 0 aliphatic heterocycles. The highest BCUT2D eigenvalue weighted by atomic mass is 16.4. The third kappa shape index (κ3) is 1.61. The van der Waals surface area contributed by atoms with Crippen molar-refractivity contribution in [2.24, 2.45) is 0 Å². The van der Waals surface area contributed by atoms with E-state index in [4.69, 9.17) is 0 Å². The van der Waals surface area contributed by atoms with Crippen LogP contribution in [-0.4, -0.2) is 5.97 Å². The minimum absolute atomic E-state index is 0.138. The summed E-state index contributed by atoms with van der Waals surface area (Å²) in [6.07, 6.45) is 1.73. The fourth-order valence-corrected chi connectivity index (χ4v) is 1.08. The maximum atomic E-state index is 10.6. The molecule has 1 rings (SSSR count). The third-order valence-corrected chi connectivity index (χ3v) is 1.66. The van der Waals surface area contributed by atoms with E-state index < -0.39 is 5.97 Å². The number of hydrogen-bond donors (Lipinski definition) is 0. The SMILES string of the molecule is CC(C)[n+]1ccccc1C(=O)[O-]. The zero-order chi connectivity index (χ0) is 9.14. The van der Waals surface area contributed by atoms with Crippen LogP contribution in [0.3, 0.4) is 0 Å². The zero-order valence-corrected chi connectivity index (χ0v) is 7.15. The maximum Gasteiger partial charge on any atom is 0.228 e. The molecule has 0 saturated heterocycles. The number of carboxylic acids is 1. The predicted molar refractivity (Wildman–Crippen MR) is 41.4 cm³/mol. The van der Waals surface area contributed by atoms with Gasteiger partial charge in [0.2, 0.25) is 5.69 Å². The fraction of sp³-hybridized carbons (Fsp3) is 0.333. The second-order valence-electron chi connectivity index (χ2n) is 2.87. The monoisotopic (exact) mass is 165 g/mol. The molecule has 0 atom stereocenters. The summed E-state index contributed by atoms with van der Waals surface area (Å²) >= 11 is 0. The summed E-state index contributed by atoms with van der Waals surface area (Å²) in [4.78, 5) is 10.6. The first kappa shape index (κ1) is 8.71. The van der Waals surface area contributed by atoms with Gasteiger partial charge in [-0.05, 0) is 19.9 Å². The van der Waals surface area contributed by atoms with Crippen molar-refractivity contribution in [2.45, 2.75) is 19.9 Å². The summed E-state index contributed by atoms with van der Waals surface area (Å²) in [6.45, 7) is 3.85. The summed E-state index contributed by atoms with van der Waals surface area (Å²) in [5.41, 5.74) is 0.215. The molecule has 0 bridgehead atoms. The molecule has 3 heteroatoms. The van der Waals surface area contributed by atoms with Crippen molar-refractivity contribution in [3.63, 3.8) is 0 Å². The van der Waals surface area contributed by atoms with Gasteiger partial charge in [-0.25, -0.2) is 0 Å². The largest absolute Gasteiger partial charge is 0.539 e. The van der Waals surface area contributed by atoms with Gasteiger partial charge in [-0.3, -0.25) is 0 Å². The number of pyridine rings is 1. The third-order valence-electron chi connectivity index (χ3n) is 1.66. The normalized spacial score (nSPS) is 10.2. The lowest BCUT2D eigenvalue weighted by Gasteiger charge is -2.06. The number of aromatic nitrogens is 1. The summed E-state index contributed by atoms with van der Waals surface area (Å²) < 4.78 is 1.66. The van der Waals surface area contributed by atoms with Gasteiger partial charge in [0.15, 0.2) is 12.2 Å². The number of aromatic carboxylic acids is 1. The van der Waals surface area contributed by atoms with Crippen LogP contribution in [0.15, 0.2) is 24.4 Å². The van der Waals surface area contributed by atoms with E-state index in [1.165, 1.54) is 6.07 Å². The maximum absolute atomic E-state index is 10.6. The molecule has 0 aliphatic rings. The number of carboxylic acid groups (broad SMARTS) is 1. The van der Waals surface area contributed by atoms with Crippen LogP contribution in [0.5, 0.6) is 0 Å². The van der Waals surface area contributed by atoms with E-state index >= 15 is 0 Å². The van der Waals surface area contributed by atoms with Crippen LogP contribution in [0.2, 0.25) is 0 Å². The molecule has 12 heavy (non-hydrogen) atoms. The molecule has 0 fully saturated rings. The number of hydrogen-bond acceptors (Lipinski definition) is 2. The van der Waals surface area contributed by atoms with Crippen LogP contribution in [0.4, 0.5) is 0 Å². The van der Waals surface area contributed by atoms with Gasteiger partial charge in [0.25, 0.3) is 0 Å². The molecule has 0 aromatic carbocycles. The quantitative estimate of drug-likeness (QED) is 0.575. The van der Waals surface area contributed by atoms with Crippen molar-refractivity contribution < 1.29 is 14.5 Å². The van der Waals surface area contributed by atoms with Gasteiger partial charge in [-0.15, -0.1) is 0 Å². The number of nitrogens with zero attached hydrogens (tertiary/aromatic N) is 1. The lowest BCUT2D eigenvalue weighted by molar-refractivity contribution is -0.720. The Kier molecular flexibility index (Phi) is 2.43. The van der Waals surface area contributed by atoms with Gasteiger partial charge in [0.05, 0.1) is 0 Å². The Morgan fingerprint density at radius 1 is 1.50 bits per heavy atom. The molecule has 0 aliphatic carbocycles. The highest BCUT2D eigenvalue weighted by Crippen LogP contribution is 1.96. The first-order valence-corrected chi connectivity index (χ1v) is 3.84. The minimum atomic E-state index is -1.13. The fourth-order valence-electron chi connectivity index (χ4n) is 1.08. The summed E-state index contributed by atoms with van der Waals surface area (Å²) in [7, 11) is 0. The lowest BCUT2D eigenvalue weighted by Crippen LogP contribution is -2.45. The smallest absolute Gasteiger partial charge is 0.228 e. The topological polar surface area (TPSA) is 44.0 Å². The summed E-state index contributed by atoms with van der Waals surface area (Å²) in [5.74, 6) is -1.13. The van der Waals surface area contributed by atoms with Crippen LogP contribution >= 0.6 is 0 Å². The Morgan fingerprint density at radius 3 is 2.58 bits per heavy atom. The molecule has 0 spiro atoms. The predicted octanol–water partition coefficient (Wildman–Crippen LogP) is -0.0815. The van der Waals surface area contributed by atoms with E-state index in [0.717, 1.165) is 0 Å². The molecular formula is C9H11NO2. The van der Waals surface area contributed by atoms with E-state index in [1.807, 2.05) is 13.8 Å². The van der Waals surface area contributed by atoms with Gasteiger partial charge in [0, 0.05) is 12.1 Å². The molecular weight excluding hydrogens is 154 g/mol. The second-order valence-corrected chi connectivity index (χ2v) is 2.87. The highest BCUT2D eigenvalue weighted by molar-refractivity contribution is 5.81. The van der Waals surface area contributed by atoms with Crippen molar-refractivity contribution >= 4 is 5.97 Å². The molecule has 3 nitrogen and oxygen atoms in total. The van der Waals surface area contributed by atoms with Crippen LogP contribution in [0.25, 0.3) is 0 Å². The Hall–Kier alpha value is -1.38. The minimum Gasteiger partial charge on any atom is -0.539 e. The van der Waals surface area contributed by atoms with Crippen molar-refractivity contribution in [2.75, 3.05) is 0 Å². The molecule has 0 N–H and O–H groups in total. The van der Waals surface area contributed by atoms with E-state index in [0.29, 0.717) is 0 Å². The van der Waals surface area contributed by atoms with E-state index in [-0.39, 0.29) is 11.7 Å². The zero-order valence-electron chi connectivity index (χ0n) is 7.15. The van der Waals surface area contributed by atoms with Gasteiger partial charge in [-0.2, -0.15) is 4.57 Å². The molecule has 1 aromatic heterocycles. The van der Waals surface area contributed by atoms with Crippen molar-refractivity contribution in [3.05, 3.63) is 30.1 Å². The van der Waals surface area contributed by atoms with Crippen molar-refractivity contribution in [3.8, 4) is 0 Å². The first-order valence-electron chi connectivity index (χ1n) is 3.84. The molecule has 0 amide bonds. The Morgan fingerprint density at radius 2 is 2.17 bits per heavy atom. The second kappa shape index (κ2) is 3.34. The van der Waals surface area contributed by atoms with E-state index in [2.05, 4.69) is 0 Å². The van der Waals surface area contributed by atoms with Crippen LogP contribution in [0, 0.1) is 0 Å². The van der Waals surface area contributed by atoms with Gasteiger partial charge < -0.3 is 9.90 Å². The Balaban J connectivity index is 3.17. The molecule has 1 aromatic rings. The van der Waals surface area contributed by atoms with Gasteiger partial charge in [-0.1, -0.05) is 0 Å². The highest BCUT2D eigenvalue weighted by Gasteiger charge is 2.12. The Labute approximate surface area is 71.3 Å². The number of carbonyl (C=O) groups excluding carboxylic acids is 1. The van der Waals surface area contributed by atoms with Crippen LogP contribution < -0.4 is 9.67 Å². The van der Waals surface area contributed by atoms with Crippen molar-refractivity contribution in [1.82, 2.24) is 0 Å². The van der Waals surface area contributed by atoms with Crippen molar-refractivity contribution in [1.29, 1.82) is 0 Å². The molecule has 0 radical (unpaired) electrons. The number of rotatable bonds is 2. The summed E-state index contributed by atoms with van der Waals surface area (Å²) in [5, 5.41) is 10.6. The Bertz CT molecular complexity index is 294. The molecule has 0 saturated carbocycles. The molecule has 1 heterocycles. The molecule has 0 unspecified atom stereocenters. The first-order chi connectivity index (χ1) is 5.63. The number of carbonyl (C=O) groups is 1.